The van der Waals surface area contributed by atoms with E-state index in [9.17, 15) is 17.6 Å². The number of piperidine rings is 1. The van der Waals surface area contributed by atoms with Gasteiger partial charge in [-0.3, -0.25) is 0 Å². The maximum atomic E-state index is 14.7. The van der Waals surface area contributed by atoms with Crippen molar-refractivity contribution in [2.75, 3.05) is 18.4 Å². The van der Waals surface area contributed by atoms with Crippen molar-refractivity contribution in [3.63, 3.8) is 0 Å². The number of anilines is 2. The van der Waals surface area contributed by atoms with Crippen LogP contribution in [0.4, 0.5) is 20.7 Å². The van der Waals surface area contributed by atoms with Crippen molar-refractivity contribution >= 4 is 27.4 Å². The van der Waals surface area contributed by atoms with Gasteiger partial charge in [-0.05, 0) is 51.8 Å². The molecule has 0 spiro atoms. The summed E-state index contributed by atoms with van der Waals surface area (Å²) in [5, 5.41) is 2.51. The SMILES string of the molecule is Cc1c(Nc2ccc(S(=O)(=O)C3CC3)cc2F)ncnc1OC1CCN(C(=O)OC(C)C)CC1. The molecule has 34 heavy (non-hydrogen) atoms. The van der Waals surface area contributed by atoms with E-state index in [0.717, 1.165) is 6.07 Å². The highest BCUT2D eigenvalue weighted by Crippen LogP contribution is 2.35. The van der Waals surface area contributed by atoms with Crippen molar-refractivity contribution in [1.29, 1.82) is 0 Å². The highest BCUT2D eigenvalue weighted by Gasteiger charge is 2.37. The summed E-state index contributed by atoms with van der Waals surface area (Å²) in [7, 11) is -3.47. The summed E-state index contributed by atoms with van der Waals surface area (Å²) in [5.74, 6) is 0.0524. The van der Waals surface area contributed by atoms with Crippen LogP contribution >= 0.6 is 0 Å². The highest BCUT2D eigenvalue weighted by atomic mass is 32.2. The molecule has 1 saturated carbocycles. The lowest BCUT2D eigenvalue weighted by molar-refractivity contribution is 0.0505. The largest absolute Gasteiger partial charge is 0.474 e. The molecule has 2 aromatic rings. The van der Waals surface area contributed by atoms with Gasteiger partial charge in [-0.25, -0.2) is 27.6 Å². The molecule has 1 aromatic carbocycles. The van der Waals surface area contributed by atoms with Gasteiger partial charge in [0.05, 0.1) is 27.5 Å². The lowest BCUT2D eigenvalue weighted by Crippen LogP contribution is -2.42. The second-order valence-corrected chi connectivity index (χ2v) is 11.1. The number of carbonyl (C=O) groups is 1. The Labute approximate surface area is 198 Å². The number of aromatic nitrogens is 2. The number of likely N-dealkylation sites (tertiary alicyclic amines) is 1. The van der Waals surface area contributed by atoms with Crippen LogP contribution in [0.5, 0.6) is 5.88 Å². The van der Waals surface area contributed by atoms with Gasteiger partial charge in [0.1, 0.15) is 24.1 Å². The second-order valence-electron chi connectivity index (χ2n) is 8.90. The molecule has 0 radical (unpaired) electrons. The minimum absolute atomic E-state index is 0.00917. The Bertz CT molecular complexity index is 1160. The zero-order valence-corrected chi connectivity index (χ0v) is 20.3. The molecular weight excluding hydrogens is 463 g/mol. The summed E-state index contributed by atoms with van der Waals surface area (Å²) in [6.45, 7) is 6.43. The number of hydrogen-bond donors (Lipinski definition) is 1. The van der Waals surface area contributed by atoms with E-state index in [1.165, 1.54) is 18.5 Å². The third kappa shape index (κ3) is 5.40. The van der Waals surface area contributed by atoms with Crippen molar-refractivity contribution in [2.45, 2.75) is 68.8 Å². The fourth-order valence-electron chi connectivity index (χ4n) is 3.74. The quantitative estimate of drug-likeness (QED) is 0.618. The molecule has 184 valence electrons. The van der Waals surface area contributed by atoms with Crippen LogP contribution in [-0.2, 0) is 14.6 Å². The smallest absolute Gasteiger partial charge is 0.410 e. The van der Waals surface area contributed by atoms with E-state index in [-0.39, 0.29) is 28.9 Å². The lowest BCUT2D eigenvalue weighted by Gasteiger charge is -2.32. The number of nitrogens with zero attached hydrogens (tertiary/aromatic N) is 3. The van der Waals surface area contributed by atoms with Crippen molar-refractivity contribution in [1.82, 2.24) is 14.9 Å². The number of amides is 1. The van der Waals surface area contributed by atoms with E-state index < -0.39 is 20.9 Å². The van der Waals surface area contributed by atoms with E-state index in [1.807, 2.05) is 13.8 Å². The minimum atomic E-state index is -3.47. The van der Waals surface area contributed by atoms with E-state index >= 15 is 0 Å². The van der Waals surface area contributed by atoms with Gasteiger partial charge in [0.15, 0.2) is 9.84 Å². The average molecular weight is 493 g/mol. The van der Waals surface area contributed by atoms with E-state index in [0.29, 0.717) is 56.0 Å². The van der Waals surface area contributed by atoms with Crippen LogP contribution in [0.2, 0.25) is 0 Å². The zero-order valence-electron chi connectivity index (χ0n) is 19.5. The van der Waals surface area contributed by atoms with Gasteiger partial charge >= 0.3 is 6.09 Å². The first-order valence-corrected chi connectivity index (χ1v) is 12.9. The molecule has 1 aliphatic carbocycles. The first-order chi connectivity index (χ1) is 16.1. The molecule has 9 nitrogen and oxygen atoms in total. The van der Waals surface area contributed by atoms with Crippen molar-refractivity contribution in [2.24, 2.45) is 0 Å². The molecule has 0 atom stereocenters. The Morgan fingerprint density at radius 1 is 1.18 bits per heavy atom. The molecule has 2 aliphatic rings. The topological polar surface area (TPSA) is 111 Å². The van der Waals surface area contributed by atoms with Crippen LogP contribution in [0.15, 0.2) is 29.4 Å². The number of sulfone groups is 1. The third-order valence-corrected chi connectivity index (χ3v) is 8.10. The van der Waals surface area contributed by atoms with Gasteiger partial charge in [0.25, 0.3) is 0 Å². The molecule has 11 heteroatoms. The Kier molecular flexibility index (Phi) is 6.92. The molecular formula is C23H29FN4O5S. The van der Waals surface area contributed by atoms with Crippen LogP contribution in [0, 0.1) is 12.7 Å². The molecule has 0 unspecified atom stereocenters. The molecule has 2 heterocycles. The van der Waals surface area contributed by atoms with Gasteiger partial charge in [-0.15, -0.1) is 0 Å². The number of ether oxygens (including phenoxy) is 2. The lowest BCUT2D eigenvalue weighted by atomic mass is 10.1. The van der Waals surface area contributed by atoms with Gasteiger partial charge in [-0.1, -0.05) is 0 Å². The van der Waals surface area contributed by atoms with Crippen LogP contribution in [0.1, 0.15) is 45.1 Å². The zero-order chi connectivity index (χ0) is 24.5. The first-order valence-electron chi connectivity index (χ1n) is 11.4. The summed E-state index contributed by atoms with van der Waals surface area (Å²) in [5.41, 5.74) is 0.706. The van der Waals surface area contributed by atoms with Crippen LogP contribution < -0.4 is 10.1 Å². The predicted octanol–water partition coefficient (Wildman–Crippen LogP) is 3.99. The van der Waals surface area contributed by atoms with E-state index in [4.69, 9.17) is 9.47 Å². The van der Waals surface area contributed by atoms with Gasteiger partial charge in [0.2, 0.25) is 5.88 Å². The summed E-state index contributed by atoms with van der Waals surface area (Å²) in [6.07, 6.45) is 3.20. The Balaban J connectivity index is 1.40. The van der Waals surface area contributed by atoms with E-state index in [2.05, 4.69) is 15.3 Å². The molecule has 1 saturated heterocycles. The maximum Gasteiger partial charge on any atom is 0.410 e. The molecule has 0 bridgehead atoms. The molecule has 4 rings (SSSR count). The molecule has 1 amide bonds. The summed E-state index contributed by atoms with van der Waals surface area (Å²) < 4.78 is 50.7. The fraction of sp³-hybridized carbons (Fsp3) is 0.522. The number of benzene rings is 1. The average Bonchev–Trinajstić information content (AvgIpc) is 3.64. The van der Waals surface area contributed by atoms with Gasteiger partial charge in [0, 0.05) is 25.9 Å². The molecule has 2 fully saturated rings. The van der Waals surface area contributed by atoms with Crippen molar-refractivity contribution in [3.8, 4) is 5.88 Å². The van der Waals surface area contributed by atoms with E-state index in [1.54, 1.807) is 11.8 Å². The fourth-order valence-corrected chi connectivity index (χ4v) is 5.41. The van der Waals surface area contributed by atoms with Gasteiger partial charge < -0.3 is 19.7 Å². The third-order valence-electron chi connectivity index (χ3n) is 5.84. The molecule has 1 N–H and O–H groups in total. The first kappa shape index (κ1) is 24.2. The van der Waals surface area contributed by atoms with Crippen LogP contribution in [-0.4, -0.2) is 59.9 Å². The Morgan fingerprint density at radius 2 is 1.88 bits per heavy atom. The number of carbonyl (C=O) groups excluding carboxylic acids is 1. The molecule has 1 aliphatic heterocycles. The summed E-state index contributed by atoms with van der Waals surface area (Å²) in [6, 6.07) is 3.85. The summed E-state index contributed by atoms with van der Waals surface area (Å²) >= 11 is 0. The number of hydrogen-bond acceptors (Lipinski definition) is 8. The summed E-state index contributed by atoms with van der Waals surface area (Å²) in [4.78, 5) is 22.1. The van der Waals surface area contributed by atoms with Crippen molar-refractivity contribution in [3.05, 3.63) is 35.9 Å². The Hall–Kier alpha value is -2.95. The number of rotatable bonds is 7. The monoisotopic (exact) mass is 492 g/mol. The molecule has 1 aromatic heterocycles. The van der Waals surface area contributed by atoms with Crippen LogP contribution in [0.3, 0.4) is 0 Å². The van der Waals surface area contributed by atoms with Crippen LogP contribution in [0.25, 0.3) is 0 Å². The predicted molar refractivity (Wildman–Crippen MR) is 123 cm³/mol. The second kappa shape index (κ2) is 9.73. The number of halogens is 1. The Morgan fingerprint density at radius 3 is 2.50 bits per heavy atom. The number of nitrogens with one attached hydrogen (secondary N) is 1. The highest BCUT2D eigenvalue weighted by molar-refractivity contribution is 7.92. The standard InChI is InChI=1S/C23H29FN4O5S/c1-14(2)32-23(29)28-10-8-16(9-11-28)33-22-15(3)21(25-13-26-22)27-20-7-6-18(12-19(20)24)34(30,31)17-4-5-17/h6-7,12-14,16-17H,4-5,8-11H2,1-3H3,(H,25,26,27). The normalized spacial score (nSPS) is 17.0. The minimum Gasteiger partial charge on any atom is -0.474 e. The van der Waals surface area contributed by atoms with Crippen molar-refractivity contribution < 1.29 is 27.1 Å². The maximum absolute atomic E-state index is 14.7. The van der Waals surface area contributed by atoms with Gasteiger partial charge in [-0.2, -0.15) is 0 Å².